The number of hydrogen-bond donors (Lipinski definition) is 2. The zero-order chi connectivity index (χ0) is 24.2. The van der Waals surface area contributed by atoms with E-state index in [0.717, 1.165) is 11.1 Å². The number of piperidine rings is 1. The Labute approximate surface area is 200 Å². The van der Waals surface area contributed by atoms with E-state index in [1.165, 1.54) is 11.1 Å². The minimum absolute atomic E-state index is 0.00526. The molecule has 1 fully saturated rings. The van der Waals surface area contributed by atoms with E-state index >= 15 is 0 Å². The number of nitrogens with one attached hydrogen (secondary N) is 1. The van der Waals surface area contributed by atoms with Crippen LogP contribution in [-0.2, 0) is 14.3 Å². The summed E-state index contributed by atoms with van der Waals surface area (Å²) < 4.78 is 5.55. The van der Waals surface area contributed by atoms with Crippen molar-refractivity contribution in [2.75, 3.05) is 19.7 Å². The highest BCUT2D eigenvalue weighted by Crippen LogP contribution is 2.44. The van der Waals surface area contributed by atoms with E-state index in [9.17, 15) is 19.5 Å². The minimum Gasteiger partial charge on any atom is -0.481 e. The standard InChI is InChI=1S/C27H32N2O5/c1-17(25(30)29-14-12-19(26(31)32)15-18(29)2)11-13-28-27(33)34-16-24-22-9-5-3-7-20(22)21-8-4-6-10-23(21)24/h3-10,17-19,24H,11-16H2,1-2H3,(H,28,33)(H,31,32)/t17?,18-,19-/m1/s1. The van der Waals surface area contributed by atoms with Crippen LogP contribution in [0.3, 0.4) is 0 Å². The molecular formula is C27H32N2O5. The van der Waals surface area contributed by atoms with E-state index in [1.54, 1.807) is 4.90 Å². The summed E-state index contributed by atoms with van der Waals surface area (Å²) in [7, 11) is 0. The van der Waals surface area contributed by atoms with Crippen molar-refractivity contribution in [1.29, 1.82) is 0 Å². The lowest BCUT2D eigenvalue weighted by atomic mass is 9.90. The Morgan fingerprint density at radius 2 is 1.71 bits per heavy atom. The van der Waals surface area contributed by atoms with Crippen LogP contribution in [0, 0.1) is 11.8 Å². The lowest BCUT2D eigenvalue weighted by molar-refractivity contribution is -0.148. The van der Waals surface area contributed by atoms with Crippen LogP contribution in [0.1, 0.15) is 50.2 Å². The van der Waals surface area contributed by atoms with E-state index in [1.807, 2.05) is 38.1 Å². The fraction of sp³-hybridized carbons (Fsp3) is 0.444. The van der Waals surface area contributed by atoms with Gasteiger partial charge in [0.05, 0.1) is 5.92 Å². The number of rotatable bonds is 7. The fourth-order valence-electron chi connectivity index (χ4n) is 5.17. The number of ether oxygens (including phenoxy) is 1. The first-order valence-corrected chi connectivity index (χ1v) is 12.0. The molecule has 2 aromatic rings. The van der Waals surface area contributed by atoms with Gasteiger partial charge in [-0.1, -0.05) is 55.5 Å². The maximum atomic E-state index is 12.8. The first-order valence-electron chi connectivity index (χ1n) is 12.0. The number of carbonyl (C=O) groups excluding carboxylic acids is 2. The molecular weight excluding hydrogens is 432 g/mol. The molecule has 0 radical (unpaired) electrons. The minimum atomic E-state index is -0.792. The molecule has 0 aromatic heterocycles. The topological polar surface area (TPSA) is 95.9 Å². The van der Waals surface area contributed by atoms with E-state index in [0.29, 0.717) is 32.4 Å². The van der Waals surface area contributed by atoms with Gasteiger partial charge in [-0.15, -0.1) is 0 Å². The Balaban J connectivity index is 1.24. The van der Waals surface area contributed by atoms with Crippen molar-refractivity contribution in [3.8, 4) is 11.1 Å². The highest BCUT2D eigenvalue weighted by atomic mass is 16.5. The van der Waals surface area contributed by atoms with Crippen molar-refractivity contribution in [3.63, 3.8) is 0 Å². The maximum Gasteiger partial charge on any atom is 0.407 e. The molecule has 3 atom stereocenters. The number of nitrogens with zero attached hydrogens (tertiary/aromatic N) is 1. The van der Waals surface area contributed by atoms with Crippen molar-refractivity contribution in [1.82, 2.24) is 10.2 Å². The van der Waals surface area contributed by atoms with Crippen molar-refractivity contribution in [3.05, 3.63) is 59.7 Å². The molecule has 0 spiro atoms. The number of fused-ring (bicyclic) bond motifs is 3. The van der Waals surface area contributed by atoms with Gasteiger partial charge < -0.3 is 20.1 Å². The van der Waals surface area contributed by atoms with Crippen LogP contribution in [0.15, 0.2) is 48.5 Å². The summed E-state index contributed by atoms with van der Waals surface area (Å²) in [5.41, 5.74) is 4.69. The number of alkyl carbamates (subject to hydrolysis) is 1. The summed E-state index contributed by atoms with van der Waals surface area (Å²) in [5.74, 6) is -1.43. The van der Waals surface area contributed by atoms with Gasteiger partial charge in [0.1, 0.15) is 6.61 Å². The molecule has 4 rings (SSSR count). The van der Waals surface area contributed by atoms with Crippen LogP contribution >= 0.6 is 0 Å². The predicted octanol–water partition coefficient (Wildman–Crippen LogP) is 4.26. The van der Waals surface area contributed by atoms with Gasteiger partial charge >= 0.3 is 12.1 Å². The van der Waals surface area contributed by atoms with Gasteiger partial charge in [0, 0.05) is 31.0 Å². The largest absolute Gasteiger partial charge is 0.481 e. The second kappa shape index (κ2) is 10.3. The molecule has 7 nitrogen and oxygen atoms in total. The van der Waals surface area contributed by atoms with Gasteiger partial charge in [0.25, 0.3) is 0 Å². The SMILES string of the molecule is CC(CCNC(=O)OCC1c2ccccc2-c2ccccc21)C(=O)N1CC[C@@H](C(=O)O)C[C@H]1C. The molecule has 2 aliphatic rings. The van der Waals surface area contributed by atoms with Crippen molar-refractivity contribution < 1.29 is 24.2 Å². The molecule has 0 bridgehead atoms. The van der Waals surface area contributed by atoms with E-state index < -0.39 is 12.1 Å². The van der Waals surface area contributed by atoms with Gasteiger partial charge in [0.2, 0.25) is 5.91 Å². The number of carboxylic acid groups (broad SMARTS) is 1. The van der Waals surface area contributed by atoms with Crippen molar-refractivity contribution in [2.24, 2.45) is 11.8 Å². The Kier molecular flexibility index (Phi) is 7.20. The maximum absolute atomic E-state index is 12.8. The third-order valence-electron chi connectivity index (χ3n) is 7.12. The second-order valence-electron chi connectivity index (χ2n) is 9.38. The molecule has 34 heavy (non-hydrogen) atoms. The zero-order valence-corrected chi connectivity index (χ0v) is 19.7. The summed E-state index contributed by atoms with van der Waals surface area (Å²) >= 11 is 0. The second-order valence-corrected chi connectivity index (χ2v) is 9.38. The first-order chi connectivity index (χ1) is 16.4. The number of likely N-dealkylation sites (tertiary alicyclic amines) is 1. The van der Waals surface area contributed by atoms with Crippen LogP contribution < -0.4 is 5.32 Å². The Bertz CT molecular complexity index is 1020. The first kappa shape index (κ1) is 23.8. The molecule has 2 aromatic carbocycles. The third kappa shape index (κ3) is 4.93. The van der Waals surface area contributed by atoms with Crippen molar-refractivity contribution >= 4 is 18.0 Å². The summed E-state index contributed by atoms with van der Waals surface area (Å²) in [4.78, 5) is 38.2. The highest BCUT2D eigenvalue weighted by molar-refractivity contribution is 5.80. The molecule has 1 aliphatic heterocycles. The number of hydrogen-bond acceptors (Lipinski definition) is 4. The average molecular weight is 465 g/mol. The lowest BCUT2D eigenvalue weighted by Gasteiger charge is -2.37. The Hall–Kier alpha value is -3.35. The number of carbonyl (C=O) groups is 3. The molecule has 2 amide bonds. The lowest BCUT2D eigenvalue weighted by Crippen LogP contribution is -2.48. The molecule has 7 heteroatoms. The number of benzene rings is 2. The van der Waals surface area contributed by atoms with Gasteiger partial charge in [0.15, 0.2) is 0 Å². The van der Waals surface area contributed by atoms with Crippen LogP contribution in [0.25, 0.3) is 11.1 Å². The highest BCUT2D eigenvalue weighted by Gasteiger charge is 2.34. The average Bonchev–Trinajstić information content (AvgIpc) is 3.16. The van der Waals surface area contributed by atoms with Gasteiger partial charge in [-0.2, -0.15) is 0 Å². The molecule has 0 saturated carbocycles. The molecule has 2 N–H and O–H groups in total. The third-order valence-corrected chi connectivity index (χ3v) is 7.12. The summed E-state index contributed by atoms with van der Waals surface area (Å²) in [6.07, 6.45) is 0.966. The monoisotopic (exact) mass is 464 g/mol. The van der Waals surface area contributed by atoms with Gasteiger partial charge in [-0.3, -0.25) is 9.59 Å². The van der Waals surface area contributed by atoms with Crippen LogP contribution in [0.5, 0.6) is 0 Å². The fourth-order valence-corrected chi connectivity index (χ4v) is 5.17. The Morgan fingerprint density at radius 1 is 1.09 bits per heavy atom. The quantitative estimate of drug-likeness (QED) is 0.638. The van der Waals surface area contributed by atoms with Crippen LogP contribution in [0.4, 0.5) is 4.79 Å². The molecule has 180 valence electrons. The van der Waals surface area contributed by atoms with Crippen LogP contribution in [0.2, 0.25) is 0 Å². The molecule has 1 heterocycles. The van der Waals surface area contributed by atoms with E-state index in [4.69, 9.17) is 4.74 Å². The number of carboxylic acids is 1. The summed E-state index contributed by atoms with van der Waals surface area (Å²) in [5, 5.41) is 12.0. The van der Waals surface area contributed by atoms with Crippen LogP contribution in [-0.4, -0.2) is 53.7 Å². The smallest absolute Gasteiger partial charge is 0.407 e. The Morgan fingerprint density at radius 3 is 2.29 bits per heavy atom. The van der Waals surface area contributed by atoms with Gasteiger partial charge in [-0.25, -0.2) is 4.79 Å². The van der Waals surface area contributed by atoms with Gasteiger partial charge in [-0.05, 0) is 48.4 Å². The predicted molar refractivity (Wildman–Crippen MR) is 128 cm³/mol. The molecule has 1 aliphatic carbocycles. The number of aliphatic carboxylic acids is 1. The summed E-state index contributed by atoms with van der Waals surface area (Å²) in [6.45, 7) is 4.79. The summed E-state index contributed by atoms with van der Waals surface area (Å²) in [6, 6.07) is 16.3. The van der Waals surface area contributed by atoms with E-state index in [-0.39, 0.29) is 36.3 Å². The molecule has 1 unspecified atom stereocenters. The normalized spacial score (nSPS) is 20.2. The number of amides is 2. The zero-order valence-electron chi connectivity index (χ0n) is 19.7. The molecule has 1 saturated heterocycles. The van der Waals surface area contributed by atoms with E-state index in [2.05, 4.69) is 29.6 Å². The van der Waals surface area contributed by atoms with Crippen molar-refractivity contribution in [2.45, 2.75) is 45.1 Å².